The molecule has 0 aromatic heterocycles. The SMILES string of the molecule is O=C1C(=CCC=C2C(=O)c3cc(Cl)ccc3C2O)C(=O)c2cc(Cl)ccc21. The Morgan fingerprint density at radius 2 is 1.44 bits per heavy atom. The lowest BCUT2D eigenvalue weighted by Crippen LogP contribution is -2.01. The van der Waals surface area contributed by atoms with E-state index in [2.05, 4.69) is 0 Å². The molecule has 4 rings (SSSR count). The topological polar surface area (TPSA) is 71.4 Å². The van der Waals surface area contributed by atoms with Crippen LogP contribution < -0.4 is 0 Å². The highest BCUT2D eigenvalue weighted by molar-refractivity contribution is 6.40. The fourth-order valence-corrected chi connectivity index (χ4v) is 3.74. The lowest BCUT2D eigenvalue weighted by molar-refractivity contribution is 0.0984. The first-order valence-corrected chi connectivity index (χ1v) is 8.95. The zero-order valence-electron chi connectivity index (χ0n) is 13.8. The quantitative estimate of drug-likeness (QED) is 0.594. The molecule has 2 aliphatic rings. The molecule has 0 saturated heterocycles. The summed E-state index contributed by atoms with van der Waals surface area (Å²) in [5.41, 5.74) is 1.72. The Labute approximate surface area is 164 Å². The monoisotopic (exact) mass is 398 g/mol. The second kappa shape index (κ2) is 6.57. The van der Waals surface area contributed by atoms with Crippen LogP contribution in [0.5, 0.6) is 0 Å². The van der Waals surface area contributed by atoms with Gasteiger partial charge in [-0.2, -0.15) is 0 Å². The van der Waals surface area contributed by atoms with Gasteiger partial charge in [0.25, 0.3) is 0 Å². The number of carbonyl (C=O) groups is 3. The minimum Gasteiger partial charge on any atom is -0.383 e. The molecular formula is C21H12Cl2O4. The van der Waals surface area contributed by atoms with Gasteiger partial charge in [0.1, 0.15) is 6.10 Å². The number of aliphatic hydroxyl groups excluding tert-OH is 1. The summed E-state index contributed by atoms with van der Waals surface area (Å²) in [6.45, 7) is 0. The van der Waals surface area contributed by atoms with Crippen molar-refractivity contribution in [1.82, 2.24) is 0 Å². The van der Waals surface area contributed by atoms with Gasteiger partial charge in [0.2, 0.25) is 0 Å². The average Bonchev–Trinajstić information content (AvgIpc) is 3.01. The van der Waals surface area contributed by atoms with Crippen LogP contribution in [0.15, 0.2) is 59.7 Å². The molecule has 0 saturated carbocycles. The van der Waals surface area contributed by atoms with Crippen LogP contribution in [0.25, 0.3) is 0 Å². The Morgan fingerprint density at radius 3 is 2.19 bits per heavy atom. The highest BCUT2D eigenvalue weighted by Crippen LogP contribution is 2.37. The maximum absolute atomic E-state index is 12.5. The average molecular weight is 399 g/mol. The van der Waals surface area contributed by atoms with E-state index in [-0.39, 0.29) is 40.5 Å². The summed E-state index contributed by atoms with van der Waals surface area (Å²) >= 11 is 11.8. The van der Waals surface area contributed by atoms with Crippen LogP contribution in [-0.2, 0) is 0 Å². The molecule has 0 bridgehead atoms. The van der Waals surface area contributed by atoms with Crippen molar-refractivity contribution >= 4 is 40.6 Å². The number of rotatable bonds is 2. The third-order valence-electron chi connectivity index (χ3n) is 4.73. The summed E-state index contributed by atoms with van der Waals surface area (Å²) in [5, 5.41) is 11.2. The molecular weight excluding hydrogens is 387 g/mol. The molecule has 4 nitrogen and oxygen atoms in total. The zero-order valence-corrected chi connectivity index (χ0v) is 15.3. The van der Waals surface area contributed by atoms with E-state index in [4.69, 9.17) is 23.2 Å². The van der Waals surface area contributed by atoms with Gasteiger partial charge < -0.3 is 5.11 Å². The van der Waals surface area contributed by atoms with Crippen LogP contribution in [0.1, 0.15) is 49.2 Å². The molecule has 2 aromatic carbocycles. The number of Topliss-reactive ketones (excluding diaryl/α,β-unsaturated/α-hetero) is 3. The van der Waals surface area contributed by atoms with Crippen molar-refractivity contribution in [1.29, 1.82) is 0 Å². The smallest absolute Gasteiger partial charge is 0.197 e. The first-order valence-electron chi connectivity index (χ1n) is 8.20. The maximum atomic E-state index is 12.5. The van der Waals surface area contributed by atoms with Gasteiger partial charge in [-0.3, -0.25) is 14.4 Å². The van der Waals surface area contributed by atoms with Gasteiger partial charge in [0.05, 0.1) is 5.57 Å². The highest BCUT2D eigenvalue weighted by atomic mass is 35.5. The third-order valence-corrected chi connectivity index (χ3v) is 5.20. The first kappa shape index (κ1) is 17.9. The number of carbonyl (C=O) groups excluding carboxylic acids is 3. The normalized spacial score (nSPS) is 21.3. The summed E-state index contributed by atoms with van der Waals surface area (Å²) in [4.78, 5) is 37.3. The largest absolute Gasteiger partial charge is 0.383 e. The van der Waals surface area contributed by atoms with Crippen LogP contribution in [0.2, 0.25) is 10.0 Å². The Kier molecular flexibility index (Phi) is 4.35. The van der Waals surface area contributed by atoms with Crippen LogP contribution in [0.4, 0.5) is 0 Å². The molecule has 134 valence electrons. The predicted octanol–water partition coefficient (Wildman–Crippen LogP) is 4.55. The van der Waals surface area contributed by atoms with E-state index in [9.17, 15) is 19.5 Å². The van der Waals surface area contributed by atoms with Gasteiger partial charge in [-0.25, -0.2) is 0 Å². The lowest BCUT2D eigenvalue weighted by atomic mass is 10.1. The van der Waals surface area contributed by atoms with Gasteiger partial charge in [0, 0.05) is 32.3 Å². The lowest BCUT2D eigenvalue weighted by Gasteiger charge is -2.03. The molecule has 1 unspecified atom stereocenters. The van der Waals surface area contributed by atoms with E-state index in [1.165, 1.54) is 30.4 Å². The molecule has 0 amide bonds. The number of ketones is 3. The summed E-state index contributed by atoms with van der Waals surface area (Å²) in [6.07, 6.45) is 2.12. The fraction of sp³-hybridized carbons (Fsp3) is 0.0952. The number of hydrogen-bond donors (Lipinski definition) is 1. The minimum absolute atomic E-state index is 0.0459. The van der Waals surface area contributed by atoms with Gasteiger partial charge in [-0.05, 0) is 42.3 Å². The molecule has 6 heteroatoms. The highest BCUT2D eigenvalue weighted by Gasteiger charge is 2.34. The molecule has 2 aromatic rings. The maximum Gasteiger partial charge on any atom is 0.197 e. The molecule has 0 heterocycles. The second-order valence-electron chi connectivity index (χ2n) is 6.32. The summed E-state index contributed by atoms with van der Waals surface area (Å²) in [7, 11) is 0. The zero-order chi connectivity index (χ0) is 19.3. The standard InChI is InChI=1S/C21H12Cl2O4/c22-10-4-6-12-16(8-10)20(26)14(18(12)24)2-1-3-15-19(25)13-7-5-11(23)9-17(13)21(15)27/h2-9,18,24H,1H2. The van der Waals surface area contributed by atoms with Gasteiger partial charge in [-0.15, -0.1) is 0 Å². The molecule has 1 N–H and O–H groups in total. The number of allylic oxidation sites excluding steroid dienone is 3. The molecule has 0 spiro atoms. The summed E-state index contributed by atoms with van der Waals surface area (Å²) < 4.78 is 0. The Bertz CT molecular complexity index is 1100. The van der Waals surface area contributed by atoms with E-state index >= 15 is 0 Å². The number of fused-ring (bicyclic) bond motifs is 2. The Hall–Kier alpha value is -2.53. The van der Waals surface area contributed by atoms with Crippen molar-refractivity contribution < 1.29 is 19.5 Å². The van der Waals surface area contributed by atoms with Crippen molar-refractivity contribution in [2.24, 2.45) is 0 Å². The number of halogens is 2. The van der Waals surface area contributed by atoms with E-state index < -0.39 is 6.10 Å². The Morgan fingerprint density at radius 1 is 0.815 bits per heavy atom. The molecule has 0 fully saturated rings. The fourth-order valence-electron chi connectivity index (χ4n) is 3.40. The molecule has 0 radical (unpaired) electrons. The van der Waals surface area contributed by atoms with Crippen molar-refractivity contribution in [3.05, 3.63) is 92.0 Å². The van der Waals surface area contributed by atoms with Crippen LogP contribution in [0.3, 0.4) is 0 Å². The minimum atomic E-state index is -1.05. The molecule has 0 aliphatic heterocycles. The van der Waals surface area contributed by atoms with Crippen molar-refractivity contribution in [3.8, 4) is 0 Å². The molecule has 27 heavy (non-hydrogen) atoms. The van der Waals surface area contributed by atoms with E-state index in [1.54, 1.807) is 18.2 Å². The summed E-state index contributed by atoms with van der Waals surface area (Å²) in [5.74, 6) is -1.06. The summed E-state index contributed by atoms with van der Waals surface area (Å²) in [6, 6.07) is 9.31. The van der Waals surface area contributed by atoms with Crippen molar-refractivity contribution in [2.45, 2.75) is 12.5 Å². The van der Waals surface area contributed by atoms with Gasteiger partial charge in [0.15, 0.2) is 17.3 Å². The molecule has 2 aliphatic carbocycles. The molecule has 1 atom stereocenters. The van der Waals surface area contributed by atoms with E-state index in [0.717, 1.165) is 0 Å². The van der Waals surface area contributed by atoms with E-state index in [1.807, 2.05) is 0 Å². The number of hydrogen-bond acceptors (Lipinski definition) is 4. The van der Waals surface area contributed by atoms with Crippen LogP contribution in [0, 0.1) is 0 Å². The van der Waals surface area contributed by atoms with Gasteiger partial charge in [-0.1, -0.05) is 41.4 Å². The van der Waals surface area contributed by atoms with Crippen molar-refractivity contribution in [2.75, 3.05) is 0 Å². The third kappa shape index (κ3) is 2.86. The van der Waals surface area contributed by atoms with Crippen LogP contribution in [-0.4, -0.2) is 22.5 Å². The van der Waals surface area contributed by atoms with Crippen molar-refractivity contribution in [3.63, 3.8) is 0 Å². The predicted molar refractivity (Wildman–Crippen MR) is 102 cm³/mol. The van der Waals surface area contributed by atoms with Crippen LogP contribution >= 0.6 is 23.2 Å². The number of aliphatic hydroxyl groups is 1. The van der Waals surface area contributed by atoms with Gasteiger partial charge >= 0.3 is 0 Å². The number of benzene rings is 2. The Balaban J connectivity index is 1.61. The first-order chi connectivity index (χ1) is 12.9. The van der Waals surface area contributed by atoms with E-state index in [0.29, 0.717) is 26.7 Å². The second-order valence-corrected chi connectivity index (χ2v) is 7.20.